The number of benzene rings is 2. The Labute approximate surface area is 122 Å². The quantitative estimate of drug-likeness (QED) is 0.882. The fraction of sp³-hybridized carbons (Fsp3) is 0.188. The summed E-state index contributed by atoms with van der Waals surface area (Å²) < 4.78 is 13.2. The number of hydrogen-bond acceptors (Lipinski definition) is 2. The van der Waals surface area contributed by atoms with Gasteiger partial charge in [-0.3, -0.25) is 4.90 Å². The summed E-state index contributed by atoms with van der Waals surface area (Å²) in [6, 6.07) is 13.5. The molecule has 1 saturated heterocycles. The molecule has 2 amide bonds. The zero-order chi connectivity index (χ0) is 14.8. The van der Waals surface area contributed by atoms with Gasteiger partial charge in [-0.1, -0.05) is 24.3 Å². The van der Waals surface area contributed by atoms with Crippen LogP contribution in [-0.2, 0) is 6.54 Å². The van der Waals surface area contributed by atoms with E-state index in [0.29, 0.717) is 25.3 Å². The average Bonchev–Trinajstić information content (AvgIpc) is 2.81. The monoisotopic (exact) mass is 285 g/mol. The minimum atomic E-state index is -0.289. The largest absolute Gasteiger partial charge is 0.397 e. The summed E-state index contributed by atoms with van der Waals surface area (Å²) in [7, 11) is 0. The summed E-state index contributed by atoms with van der Waals surface area (Å²) in [6.45, 7) is 1.59. The second-order valence-corrected chi connectivity index (χ2v) is 5.04. The number of urea groups is 1. The molecule has 1 aliphatic rings. The first kappa shape index (κ1) is 13.4. The first-order valence-electron chi connectivity index (χ1n) is 6.80. The van der Waals surface area contributed by atoms with Gasteiger partial charge in [0.15, 0.2) is 0 Å². The van der Waals surface area contributed by atoms with Crippen LogP contribution in [0.4, 0.5) is 20.6 Å². The van der Waals surface area contributed by atoms with E-state index in [9.17, 15) is 9.18 Å². The third-order valence-electron chi connectivity index (χ3n) is 3.58. The molecular weight excluding hydrogens is 269 g/mol. The Morgan fingerprint density at radius 1 is 1.10 bits per heavy atom. The third-order valence-corrected chi connectivity index (χ3v) is 3.58. The third kappa shape index (κ3) is 2.67. The maximum atomic E-state index is 13.2. The van der Waals surface area contributed by atoms with Crippen LogP contribution in [0.3, 0.4) is 0 Å². The Balaban J connectivity index is 1.76. The highest BCUT2D eigenvalue weighted by Crippen LogP contribution is 2.26. The molecule has 0 unspecified atom stereocenters. The zero-order valence-electron chi connectivity index (χ0n) is 11.5. The van der Waals surface area contributed by atoms with E-state index in [4.69, 9.17) is 5.73 Å². The van der Waals surface area contributed by atoms with E-state index >= 15 is 0 Å². The second kappa shape index (κ2) is 5.44. The van der Waals surface area contributed by atoms with Crippen LogP contribution < -0.4 is 10.6 Å². The maximum Gasteiger partial charge on any atom is 0.324 e. The maximum absolute atomic E-state index is 13.2. The molecule has 0 bridgehead atoms. The van der Waals surface area contributed by atoms with E-state index in [1.54, 1.807) is 21.9 Å². The van der Waals surface area contributed by atoms with Crippen LogP contribution in [0.15, 0.2) is 48.5 Å². The van der Waals surface area contributed by atoms with Gasteiger partial charge in [-0.05, 0) is 29.8 Å². The predicted molar refractivity (Wildman–Crippen MR) is 80.4 cm³/mol. The van der Waals surface area contributed by atoms with Crippen molar-refractivity contribution in [2.75, 3.05) is 23.7 Å². The van der Waals surface area contributed by atoms with Gasteiger partial charge in [0.2, 0.25) is 0 Å². The molecule has 0 spiro atoms. The lowest BCUT2D eigenvalue weighted by molar-refractivity contribution is 0.218. The Morgan fingerprint density at radius 3 is 2.67 bits per heavy atom. The molecule has 1 aliphatic heterocycles. The van der Waals surface area contributed by atoms with Gasteiger partial charge in [-0.2, -0.15) is 0 Å². The molecule has 1 heterocycles. The minimum Gasteiger partial charge on any atom is -0.397 e. The Bertz CT molecular complexity index is 674. The number of hydrogen-bond donors (Lipinski definition) is 1. The number of carbonyl (C=O) groups is 1. The lowest BCUT2D eigenvalue weighted by Gasteiger charge is -2.20. The van der Waals surface area contributed by atoms with Crippen LogP contribution in [0.25, 0.3) is 0 Å². The van der Waals surface area contributed by atoms with Gasteiger partial charge in [-0.15, -0.1) is 0 Å². The number of nitrogens with zero attached hydrogens (tertiary/aromatic N) is 2. The van der Waals surface area contributed by atoms with Crippen molar-refractivity contribution in [1.29, 1.82) is 0 Å². The van der Waals surface area contributed by atoms with Crippen molar-refractivity contribution in [3.05, 3.63) is 59.9 Å². The molecule has 0 saturated carbocycles. The fourth-order valence-electron chi connectivity index (χ4n) is 2.54. The van der Waals surface area contributed by atoms with Gasteiger partial charge in [-0.25, -0.2) is 9.18 Å². The van der Waals surface area contributed by atoms with Gasteiger partial charge < -0.3 is 10.6 Å². The topological polar surface area (TPSA) is 49.6 Å². The number of amides is 2. The molecule has 0 atom stereocenters. The van der Waals surface area contributed by atoms with Gasteiger partial charge in [0.05, 0.1) is 11.4 Å². The zero-order valence-corrected chi connectivity index (χ0v) is 11.5. The Hall–Kier alpha value is -2.56. The highest BCUT2D eigenvalue weighted by atomic mass is 19.1. The van der Waals surface area contributed by atoms with Crippen LogP contribution in [0.5, 0.6) is 0 Å². The smallest absolute Gasteiger partial charge is 0.324 e. The van der Waals surface area contributed by atoms with Crippen molar-refractivity contribution in [3.8, 4) is 0 Å². The molecule has 0 aliphatic carbocycles. The molecule has 2 aromatic rings. The van der Waals surface area contributed by atoms with Crippen molar-refractivity contribution in [2.45, 2.75) is 6.54 Å². The van der Waals surface area contributed by atoms with Crippen LogP contribution in [0.1, 0.15) is 5.56 Å². The molecule has 5 heteroatoms. The highest BCUT2D eigenvalue weighted by molar-refractivity contribution is 5.97. The first-order valence-corrected chi connectivity index (χ1v) is 6.80. The number of carbonyl (C=O) groups excluding carboxylic acids is 1. The molecule has 1 fully saturated rings. The van der Waals surface area contributed by atoms with E-state index in [1.165, 1.54) is 12.1 Å². The summed E-state index contributed by atoms with van der Waals surface area (Å²) in [6.07, 6.45) is 0. The molecule has 2 aromatic carbocycles. The molecular formula is C16H16FN3O. The van der Waals surface area contributed by atoms with Crippen LogP contribution in [-0.4, -0.2) is 24.0 Å². The summed E-state index contributed by atoms with van der Waals surface area (Å²) in [5.74, 6) is -0.289. The van der Waals surface area contributed by atoms with Crippen LogP contribution >= 0.6 is 0 Å². The number of anilines is 2. The number of para-hydroxylation sites is 2. The van der Waals surface area contributed by atoms with Crippen molar-refractivity contribution < 1.29 is 9.18 Å². The molecule has 0 radical (unpaired) electrons. The van der Waals surface area contributed by atoms with Crippen molar-refractivity contribution >= 4 is 17.4 Å². The predicted octanol–water partition coefficient (Wildman–Crippen LogP) is 2.85. The molecule has 108 valence electrons. The van der Waals surface area contributed by atoms with E-state index in [0.717, 1.165) is 11.3 Å². The van der Waals surface area contributed by atoms with Crippen molar-refractivity contribution in [2.24, 2.45) is 0 Å². The molecule has 0 aromatic heterocycles. The number of nitrogens with two attached hydrogens (primary N) is 1. The van der Waals surface area contributed by atoms with Crippen molar-refractivity contribution in [3.63, 3.8) is 0 Å². The van der Waals surface area contributed by atoms with Crippen LogP contribution in [0, 0.1) is 5.82 Å². The van der Waals surface area contributed by atoms with Gasteiger partial charge in [0.25, 0.3) is 0 Å². The summed E-state index contributed by atoms with van der Waals surface area (Å²) >= 11 is 0. The fourth-order valence-corrected chi connectivity index (χ4v) is 2.54. The highest BCUT2D eigenvalue weighted by Gasteiger charge is 2.30. The van der Waals surface area contributed by atoms with Gasteiger partial charge >= 0.3 is 6.03 Å². The standard InChI is InChI=1S/C16H16FN3O/c17-13-5-3-4-12(10-13)11-19-8-9-20(16(19)21)15-7-2-1-6-14(15)18/h1-7,10H,8-9,11,18H2. The molecule has 4 nitrogen and oxygen atoms in total. The molecule has 21 heavy (non-hydrogen) atoms. The SMILES string of the molecule is Nc1ccccc1N1CCN(Cc2cccc(F)c2)C1=O. The van der Waals surface area contributed by atoms with Crippen LogP contribution in [0.2, 0.25) is 0 Å². The summed E-state index contributed by atoms with van der Waals surface area (Å²) in [4.78, 5) is 15.8. The van der Waals surface area contributed by atoms with E-state index < -0.39 is 0 Å². The summed E-state index contributed by atoms with van der Waals surface area (Å²) in [5, 5.41) is 0. The van der Waals surface area contributed by atoms with E-state index in [2.05, 4.69) is 0 Å². The van der Waals surface area contributed by atoms with Gasteiger partial charge in [0, 0.05) is 19.6 Å². The Morgan fingerprint density at radius 2 is 1.90 bits per heavy atom. The van der Waals surface area contributed by atoms with E-state index in [1.807, 2.05) is 24.3 Å². The number of rotatable bonds is 3. The second-order valence-electron chi connectivity index (χ2n) is 5.04. The van der Waals surface area contributed by atoms with E-state index in [-0.39, 0.29) is 11.8 Å². The summed E-state index contributed by atoms with van der Waals surface area (Å²) in [5.41, 5.74) is 8.01. The number of halogens is 1. The normalized spacial score (nSPS) is 14.8. The molecule has 2 N–H and O–H groups in total. The average molecular weight is 285 g/mol. The van der Waals surface area contributed by atoms with Crippen molar-refractivity contribution in [1.82, 2.24) is 4.90 Å². The lowest BCUT2D eigenvalue weighted by Crippen LogP contribution is -2.31. The number of nitrogen functional groups attached to an aromatic ring is 1. The first-order chi connectivity index (χ1) is 10.1. The molecule has 3 rings (SSSR count). The lowest BCUT2D eigenvalue weighted by atomic mass is 10.2. The van der Waals surface area contributed by atoms with Gasteiger partial charge in [0.1, 0.15) is 5.82 Å². The minimum absolute atomic E-state index is 0.0999. The Kier molecular flexibility index (Phi) is 3.48.